The molecule has 0 aliphatic carbocycles. The van der Waals surface area contributed by atoms with Crippen molar-refractivity contribution in [2.24, 2.45) is 11.7 Å². The summed E-state index contributed by atoms with van der Waals surface area (Å²) in [7, 11) is 0. The minimum atomic E-state index is -0.239. The van der Waals surface area contributed by atoms with Crippen molar-refractivity contribution in [1.82, 2.24) is 14.7 Å². The van der Waals surface area contributed by atoms with Crippen LogP contribution in [-0.2, 0) is 0 Å². The van der Waals surface area contributed by atoms with E-state index in [1.54, 1.807) is 4.90 Å². The van der Waals surface area contributed by atoms with E-state index in [0.717, 1.165) is 18.4 Å². The van der Waals surface area contributed by atoms with E-state index in [-0.39, 0.29) is 17.5 Å². The Balaban J connectivity index is 1.87. The smallest absolute Gasteiger partial charge is 0.272 e. The number of likely N-dealkylation sites (tertiary alicyclic amines) is 1. The second-order valence-corrected chi connectivity index (χ2v) is 6.70. The molecule has 6 heteroatoms. The van der Waals surface area contributed by atoms with Gasteiger partial charge in [0.15, 0.2) is 0 Å². The molecule has 2 atom stereocenters. The summed E-state index contributed by atoms with van der Waals surface area (Å²) in [5.41, 5.74) is 7.74. The van der Waals surface area contributed by atoms with Crippen molar-refractivity contribution in [1.29, 1.82) is 0 Å². The van der Waals surface area contributed by atoms with Crippen LogP contribution in [0.3, 0.4) is 0 Å². The summed E-state index contributed by atoms with van der Waals surface area (Å²) in [6.07, 6.45) is 1.87. The van der Waals surface area contributed by atoms with E-state index in [0.29, 0.717) is 30.4 Å². The van der Waals surface area contributed by atoms with E-state index in [4.69, 9.17) is 5.73 Å². The second-order valence-electron chi connectivity index (χ2n) is 6.70. The number of rotatable bonds is 3. The molecule has 3 rings (SSSR count). The van der Waals surface area contributed by atoms with Gasteiger partial charge in [-0.25, -0.2) is 4.68 Å². The molecule has 1 aromatic heterocycles. The van der Waals surface area contributed by atoms with Crippen LogP contribution in [0, 0.1) is 12.8 Å². The standard InChI is InChI=1S/C18H24N4O2/c1-12-3-5-14(6-4-12)22-17(23)10-16(20-22)18(24)21-8-7-13(2)9-15(21)11-19/h3-6,10,13,15,20H,7-9,11,19H2,1-2H3. The first-order valence-corrected chi connectivity index (χ1v) is 8.39. The highest BCUT2D eigenvalue weighted by molar-refractivity contribution is 5.92. The Morgan fingerprint density at radius 1 is 1.33 bits per heavy atom. The lowest BCUT2D eigenvalue weighted by Gasteiger charge is -2.37. The van der Waals surface area contributed by atoms with E-state index in [1.807, 2.05) is 31.2 Å². The Hall–Kier alpha value is -2.34. The van der Waals surface area contributed by atoms with Crippen LogP contribution in [0.4, 0.5) is 0 Å². The van der Waals surface area contributed by atoms with Gasteiger partial charge >= 0.3 is 0 Å². The Kier molecular flexibility index (Phi) is 4.57. The normalized spacial score (nSPS) is 21.0. The number of nitrogens with zero attached hydrogens (tertiary/aromatic N) is 2. The topological polar surface area (TPSA) is 84.1 Å². The Morgan fingerprint density at radius 2 is 2.04 bits per heavy atom. The molecule has 0 bridgehead atoms. The summed E-state index contributed by atoms with van der Waals surface area (Å²) >= 11 is 0. The van der Waals surface area contributed by atoms with Gasteiger partial charge in [0.05, 0.1) is 5.69 Å². The number of carbonyl (C=O) groups is 1. The highest BCUT2D eigenvalue weighted by atomic mass is 16.2. The first-order chi connectivity index (χ1) is 11.5. The van der Waals surface area contributed by atoms with Crippen LogP contribution in [0.25, 0.3) is 5.69 Å². The van der Waals surface area contributed by atoms with Crippen molar-refractivity contribution >= 4 is 5.91 Å². The summed E-state index contributed by atoms with van der Waals surface area (Å²) in [5.74, 6) is 0.416. The molecule has 0 spiro atoms. The molecule has 0 saturated carbocycles. The van der Waals surface area contributed by atoms with Crippen LogP contribution >= 0.6 is 0 Å². The van der Waals surface area contributed by atoms with Gasteiger partial charge in [0.2, 0.25) is 0 Å². The lowest BCUT2D eigenvalue weighted by atomic mass is 9.92. The molecule has 2 heterocycles. The predicted molar refractivity (Wildman–Crippen MR) is 93.4 cm³/mol. The molecule has 3 N–H and O–H groups in total. The fourth-order valence-corrected chi connectivity index (χ4v) is 3.29. The molecular weight excluding hydrogens is 304 g/mol. The quantitative estimate of drug-likeness (QED) is 0.899. The number of nitrogens with one attached hydrogen (secondary N) is 1. The van der Waals surface area contributed by atoms with Crippen molar-refractivity contribution in [3.63, 3.8) is 0 Å². The van der Waals surface area contributed by atoms with E-state index in [2.05, 4.69) is 12.0 Å². The molecule has 1 aliphatic heterocycles. The van der Waals surface area contributed by atoms with Gasteiger partial charge in [-0.2, -0.15) is 0 Å². The number of nitrogens with two attached hydrogens (primary N) is 1. The lowest BCUT2D eigenvalue weighted by molar-refractivity contribution is 0.0567. The summed E-state index contributed by atoms with van der Waals surface area (Å²) < 4.78 is 1.40. The number of hydrogen-bond donors (Lipinski definition) is 2. The summed E-state index contributed by atoms with van der Waals surface area (Å²) in [6.45, 7) is 5.29. The Bertz CT molecular complexity index is 775. The Labute approximate surface area is 141 Å². The van der Waals surface area contributed by atoms with E-state index in [9.17, 15) is 9.59 Å². The fourth-order valence-electron chi connectivity index (χ4n) is 3.29. The average molecular weight is 328 g/mol. The van der Waals surface area contributed by atoms with Crippen LogP contribution < -0.4 is 11.3 Å². The second kappa shape index (κ2) is 6.65. The van der Waals surface area contributed by atoms with Gasteiger partial charge in [-0.3, -0.25) is 14.7 Å². The van der Waals surface area contributed by atoms with E-state index in [1.165, 1.54) is 10.7 Å². The van der Waals surface area contributed by atoms with Crippen molar-refractivity contribution in [2.45, 2.75) is 32.7 Å². The molecule has 1 fully saturated rings. The van der Waals surface area contributed by atoms with Gasteiger partial charge in [0.25, 0.3) is 11.5 Å². The number of piperidine rings is 1. The van der Waals surface area contributed by atoms with Crippen molar-refractivity contribution in [3.8, 4) is 5.69 Å². The maximum atomic E-state index is 12.8. The summed E-state index contributed by atoms with van der Waals surface area (Å²) in [4.78, 5) is 26.9. The van der Waals surface area contributed by atoms with Crippen LogP contribution in [0.5, 0.6) is 0 Å². The van der Waals surface area contributed by atoms with E-state index < -0.39 is 0 Å². The van der Waals surface area contributed by atoms with Gasteiger partial charge < -0.3 is 10.6 Å². The highest BCUT2D eigenvalue weighted by Crippen LogP contribution is 2.23. The van der Waals surface area contributed by atoms with Crippen LogP contribution in [0.2, 0.25) is 0 Å². The third-order valence-corrected chi connectivity index (χ3v) is 4.75. The molecule has 24 heavy (non-hydrogen) atoms. The number of carbonyl (C=O) groups excluding carboxylic acids is 1. The van der Waals surface area contributed by atoms with E-state index >= 15 is 0 Å². The van der Waals surface area contributed by atoms with Crippen LogP contribution in [0.1, 0.15) is 35.8 Å². The fraction of sp³-hybridized carbons (Fsp3) is 0.444. The van der Waals surface area contributed by atoms with Gasteiger partial charge in [0, 0.05) is 25.2 Å². The number of amides is 1. The lowest BCUT2D eigenvalue weighted by Crippen LogP contribution is -2.49. The molecule has 2 aromatic rings. The molecule has 0 radical (unpaired) electrons. The van der Waals surface area contributed by atoms with Crippen LogP contribution in [0.15, 0.2) is 35.1 Å². The molecule has 2 unspecified atom stereocenters. The molecular formula is C18H24N4O2. The molecule has 1 aliphatic rings. The maximum absolute atomic E-state index is 12.8. The number of hydrogen-bond acceptors (Lipinski definition) is 3. The number of aryl methyl sites for hydroxylation is 1. The zero-order valence-corrected chi connectivity index (χ0v) is 14.2. The first kappa shape index (κ1) is 16.5. The third-order valence-electron chi connectivity index (χ3n) is 4.75. The van der Waals surface area contributed by atoms with Gasteiger partial charge in [-0.05, 0) is 37.8 Å². The molecule has 1 saturated heterocycles. The monoisotopic (exact) mass is 328 g/mol. The minimum Gasteiger partial charge on any atom is -0.333 e. The minimum absolute atomic E-state index is 0.0347. The highest BCUT2D eigenvalue weighted by Gasteiger charge is 2.30. The van der Waals surface area contributed by atoms with Crippen molar-refractivity contribution in [2.75, 3.05) is 13.1 Å². The van der Waals surface area contributed by atoms with Gasteiger partial charge in [0.1, 0.15) is 5.69 Å². The zero-order chi connectivity index (χ0) is 17.3. The molecule has 1 amide bonds. The van der Waals surface area contributed by atoms with Crippen molar-refractivity contribution in [3.05, 3.63) is 51.9 Å². The van der Waals surface area contributed by atoms with Gasteiger partial charge in [-0.15, -0.1) is 0 Å². The summed E-state index contributed by atoms with van der Waals surface area (Å²) in [5, 5.41) is 2.94. The maximum Gasteiger partial charge on any atom is 0.272 e. The van der Waals surface area contributed by atoms with Crippen LogP contribution in [-0.4, -0.2) is 39.7 Å². The predicted octanol–water partition coefficient (Wildman–Crippen LogP) is 1.67. The molecule has 6 nitrogen and oxygen atoms in total. The number of aromatic nitrogens is 2. The van der Waals surface area contributed by atoms with Gasteiger partial charge in [-0.1, -0.05) is 24.6 Å². The van der Waals surface area contributed by atoms with Crippen molar-refractivity contribution < 1.29 is 4.79 Å². The Morgan fingerprint density at radius 3 is 2.71 bits per heavy atom. The number of H-pyrrole nitrogens is 1. The SMILES string of the molecule is Cc1ccc(-n2[nH]c(C(=O)N3CCC(C)CC3CN)cc2=O)cc1. The average Bonchev–Trinajstić information content (AvgIpc) is 2.96. The number of benzene rings is 1. The largest absolute Gasteiger partial charge is 0.333 e. The third kappa shape index (κ3) is 3.14. The first-order valence-electron chi connectivity index (χ1n) is 8.39. The number of aromatic amines is 1. The summed E-state index contributed by atoms with van der Waals surface area (Å²) in [6, 6.07) is 8.97. The molecule has 1 aromatic carbocycles. The molecule has 128 valence electrons. The zero-order valence-electron chi connectivity index (χ0n) is 14.2.